The summed E-state index contributed by atoms with van der Waals surface area (Å²) in [6, 6.07) is 15.5. The zero-order chi connectivity index (χ0) is 17.0. The molecule has 0 aliphatic carbocycles. The van der Waals surface area contributed by atoms with Crippen molar-refractivity contribution >= 4 is 5.91 Å². The number of carbonyl (C=O) groups is 1. The van der Waals surface area contributed by atoms with Crippen LogP contribution in [0.2, 0.25) is 0 Å². The van der Waals surface area contributed by atoms with Crippen LogP contribution >= 0.6 is 0 Å². The third kappa shape index (κ3) is 3.34. The average Bonchev–Trinajstić information content (AvgIpc) is 2.64. The molecular formula is C20H24N2O2. The van der Waals surface area contributed by atoms with Crippen LogP contribution in [0, 0.1) is 0 Å². The fraction of sp³-hybridized carbons (Fsp3) is 0.400. The molecule has 0 unspecified atom stereocenters. The number of likely N-dealkylation sites (tertiary alicyclic amines) is 1. The molecule has 1 fully saturated rings. The monoisotopic (exact) mass is 324 g/mol. The molecule has 4 nitrogen and oxygen atoms in total. The van der Waals surface area contributed by atoms with Gasteiger partial charge in [-0.05, 0) is 37.0 Å². The lowest BCUT2D eigenvalue weighted by molar-refractivity contribution is -0.137. The number of nitrogens with zero attached hydrogens (tertiary/aromatic N) is 2. The molecule has 4 heteroatoms. The summed E-state index contributed by atoms with van der Waals surface area (Å²) < 4.78 is 0. The molecule has 1 atom stereocenters. The van der Waals surface area contributed by atoms with Gasteiger partial charge in [0.25, 0.3) is 0 Å². The Morgan fingerprint density at radius 1 is 1.17 bits per heavy atom. The van der Waals surface area contributed by atoms with E-state index in [0.29, 0.717) is 31.6 Å². The number of carbonyl (C=O) groups excluding carboxylic acids is 1. The van der Waals surface area contributed by atoms with Gasteiger partial charge in [-0.1, -0.05) is 43.3 Å². The van der Waals surface area contributed by atoms with Gasteiger partial charge in [-0.15, -0.1) is 0 Å². The SMILES string of the molecule is CC[C@H](C(=O)N1CCC(O)(c2ccccn2)CC1)c1ccccc1. The highest BCUT2D eigenvalue weighted by Gasteiger charge is 2.37. The molecule has 126 valence electrons. The van der Waals surface area contributed by atoms with Crippen LogP contribution in [0.3, 0.4) is 0 Å². The van der Waals surface area contributed by atoms with Crippen LogP contribution in [-0.2, 0) is 10.4 Å². The Balaban J connectivity index is 1.69. The van der Waals surface area contributed by atoms with Crippen molar-refractivity contribution in [3.63, 3.8) is 0 Å². The first-order valence-electron chi connectivity index (χ1n) is 8.61. The van der Waals surface area contributed by atoms with Crippen LogP contribution in [0.5, 0.6) is 0 Å². The van der Waals surface area contributed by atoms with Gasteiger partial charge in [0.2, 0.25) is 5.91 Å². The van der Waals surface area contributed by atoms with Crippen LogP contribution < -0.4 is 0 Å². The highest BCUT2D eigenvalue weighted by atomic mass is 16.3. The van der Waals surface area contributed by atoms with Crippen LogP contribution in [0.1, 0.15) is 43.4 Å². The molecule has 1 aliphatic heterocycles. The Morgan fingerprint density at radius 3 is 2.42 bits per heavy atom. The van der Waals surface area contributed by atoms with Crippen LogP contribution in [0.25, 0.3) is 0 Å². The van der Waals surface area contributed by atoms with Crippen molar-refractivity contribution in [2.45, 2.75) is 37.7 Å². The molecule has 24 heavy (non-hydrogen) atoms. The van der Waals surface area contributed by atoms with Gasteiger partial charge < -0.3 is 10.0 Å². The van der Waals surface area contributed by atoms with Gasteiger partial charge in [0, 0.05) is 19.3 Å². The molecule has 0 radical (unpaired) electrons. The van der Waals surface area contributed by atoms with Crippen molar-refractivity contribution in [2.24, 2.45) is 0 Å². The maximum Gasteiger partial charge on any atom is 0.230 e. The van der Waals surface area contributed by atoms with Gasteiger partial charge in [0.05, 0.1) is 11.6 Å². The van der Waals surface area contributed by atoms with Crippen LogP contribution in [0.4, 0.5) is 0 Å². The lowest BCUT2D eigenvalue weighted by atomic mass is 9.86. The summed E-state index contributed by atoms with van der Waals surface area (Å²) in [4.78, 5) is 19.1. The molecule has 1 aromatic carbocycles. The van der Waals surface area contributed by atoms with Crippen molar-refractivity contribution in [2.75, 3.05) is 13.1 Å². The van der Waals surface area contributed by atoms with Gasteiger partial charge in [-0.2, -0.15) is 0 Å². The van der Waals surface area contributed by atoms with E-state index in [0.717, 1.165) is 12.0 Å². The molecular weight excluding hydrogens is 300 g/mol. The zero-order valence-corrected chi connectivity index (χ0v) is 14.1. The lowest BCUT2D eigenvalue weighted by Crippen LogP contribution is -2.46. The number of amides is 1. The lowest BCUT2D eigenvalue weighted by Gasteiger charge is -2.39. The van der Waals surface area contributed by atoms with Crippen molar-refractivity contribution in [1.29, 1.82) is 0 Å². The van der Waals surface area contributed by atoms with Crippen molar-refractivity contribution in [1.82, 2.24) is 9.88 Å². The third-order valence-corrected chi connectivity index (χ3v) is 4.95. The minimum absolute atomic E-state index is 0.104. The molecule has 1 aliphatic rings. The molecule has 2 heterocycles. The maximum atomic E-state index is 12.9. The van der Waals surface area contributed by atoms with E-state index in [-0.39, 0.29) is 11.8 Å². The van der Waals surface area contributed by atoms with Crippen molar-refractivity contribution in [3.8, 4) is 0 Å². The highest BCUT2D eigenvalue weighted by Crippen LogP contribution is 2.33. The van der Waals surface area contributed by atoms with E-state index in [9.17, 15) is 9.90 Å². The second kappa shape index (κ2) is 7.14. The van der Waals surface area contributed by atoms with Gasteiger partial charge >= 0.3 is 0 Å². The summed E-state index contributed by atoms with van der Waals surface area (Å²) in [6.45, 7) is 3.17. The maximum absolute atomic E-state index is 12.9. The topological polar surface area (TPSA) is 53.4 Å². The predicted octanol–water partition coefficient (Wildman–Crippen LogP) is 3.09. The summed E-state index contributed by atoms with van der Waals surface area (Å²) in [7, 11) is 0. The summed E-state index contributed by atoms with van der Waals surface area (Å²) in [5.74, 6) is 0.0546. The number of hydrogen-bond acceptors (Lipinski definition) is 3. The van der Waals surface area contributed by atoms with E-state index in [1.165, 1.54) is 0 Å². The summed E-state index contributed by atoms with van der Waals surface area (Å²) >= 11 is 0. The third-order valence-electron chi connectivity index (χ3n) is 4.95. The summed E-state index contributed by atoms with van der Waals surface area (Å²) in [6.07, 6.45) is 3.54. The number of hydrogen-bond donors (Lipinski definition) is 1. The first-order valence-corrected chi connectivity index (χ1v) is 8.61. The second-order valence-corrected chi connectivity index (χ2v) is 6.44. The predicted molar refractivity (Wildman–Crippen MR) is 93.4 cm³/mol. The van der Waals surface area contributed by atoms with Crippen molar-refractivity contribution < 1.29 is 9.90 Å². The Kier molecular flexibility index (Phi) is 4.95. The van der Waals surface area contributed by atoms with E-state index in [1.807, 2.05) is 60.4 Å². The summed E-state index contributed by atoms with van der Waals surface area (Å²) in [5.41, 5.74) is 0.842. The molecule has 1 saturated heterocycles. The fourth-order valence-electron chi connectivity index (χ4n) is 3.45. The number of aromatic nitrogens is 1. The molecule has 2 aromatic rings. The van der Waals surface area contributed by atoms with Crippen LogP contribution in [0.15, 0.2) is 54.7 Å². The second-order valence-electron chi connectivity index (χ2n) is 6.44. The Morgan fingerprint density at radius 2 is 1.83 bits per heavy atom. The van der Waals surface area contributed by atoms with Crippen LogP contribution in [-0.4, -0.2) is 34.0 Å². The molecule has 0 bridgehead atoms. The van der Waals surface area contributed by atoms with Gasteiger partial charge in [0.15, 0.2) is 0 Å². The van der Waals surface area contributed by atoms with Gasteiger partial charge in [-0.25, -0.2) is 0 Å². The molecule has 1 amide bonds. The number of pyridine rings is 1. The largest absolute Gasteiger partial charge is 0.383 e. The Labute approximate surface area is 143 Å². The Bertz CT molecular complexity index is 665. The molecule has 3 rings (SSSR count). The van der Waals surface area contributed by atoms with E-state index >= 15 is 0 Å². The quantitative estimate of drug-likeness (QED) is 0.940. The number of benzene rings is 1. The van der Waals surface area contributed by atoms with E-state index < -0.39 is 5.60 Å². The minimum Gasteiger partial charge on any atom is -0.383 e. The normalized spacial score (nSPS) is 18.2. The molecule has 0 saturated carbocycles. The van der Waals surface area contributed by atoms with Gasteiger partial charge in [0.1, 0.15) is 5.60 Å². The number of aliphatic hydroxyl groups is 1. The highest BCUT2D eigenvalue weighted by molar-refractivity contribution is 5.83. The summed E-state index contributed by atoms with van der Waals surface area (Å²) in [5, 5.41) is 10.9. The van der Waals surface area contributed by atoms with E-state index in [4.69, 9.17) is 0 Å². The molecule has 1 N–H and O–H groups in total. The first-order chi connectivity index (χ1) is 11.6. The van der Waals surface area contributed by atoms with E-state index in [1.54, 1.807) is 6.20 Å². The average molecular weight is 324 g/mol. The number of piperidine rings is 1. The minimum atomic E-state index is -0.924. The molecule has 1 aromatic heterocycles. The van der Waals surface area contributed by atoms with Crippen molar-refractivity contribution in [3.05, 3.63) is 66.0 Å². The first kappa shape index (κ1) is 16.7. The van der Waals surface area contributed by atoms with Gasteiger partial charge in [-0.3, -0.25) is 9.78 Å². The fourth-order valence-corrected chi connectivity index (χ4v) is 3.45. The van der Waals surface area contributed by atoms with E-state index in [2.05, 4.69) is 4.98 Å². The number of rotatable bonds is 4. The standard InChI is InChI=1S/C20H24N2O2/c1-2-17(16-8-4-3-5-9-16)19(23)22-14-11-20(24,12-15-22)18-10-6-7-13-21-18/h3-10,13,17,24H,2,11-12,14-15H2,1H3/t17-/m0/s1. The zero-order valence-electron chi connectivity index (χ0n) is 14.1. The Hall–Kier alpha value is -2.20. The smallest absolute Gasteiger partial charge is 0.230 e. The molecule has 0 spiro atoms.